The van der Waals surface area contributed by atoms with Crippen LogP contribution in [0.5, 0.6) is 0 Å². The first-order valence-corrected chi connectivity index (χ1v) is 7.91. The minimum absolute atomic E-state index is 0.381. The molecule has 0 aliphatic heterocycles. The van der Waals surface area contributed by atoms with E-state index in [2.05, 4.69) is 30.6 Å². The number of nitrogens with one attached hydrogen (secondary N) is 1. The van der Waals surface area contributed by atoms with Gasteiger partial charge < -0.3 is 5.32 Å². The summed E-state index contributed by atoms with van der Waals surface area (Å²) in [5.41, 5.74) is 1.28. The molecule has 1 nitrogen and oxygen atoms in total. The van der Waals surface area contributed by atoms with E-state index >= 15 is 0 Å². The number of hydrogen-bond acceptors (Lipinski definition) is 2. The molecule has 1 fully saturated rings. The molecule has 1 aromatic rings. The van der Waals surface area contributed by atoms with Gasteiger partial charge >= 0.3 is 0 Å². The molecule has 94 valence electrons. The Kier molecular flexibility index (Phi) is 4.78. The van der Waals surface area contributed by atoms with Gasteiger partial charge in [-0.3, -0.25) is 0 Å². The molecular formula is C14H20ClNS. The van der Waals surface area contributed by atoms with Crippen LogP contribution >= 0.6 is 23.4 Å². The first-order valence-electron chi connectivity index (χ1n) is 6.25. The Balaban J connectivity index is 1.99. The molecule has 1 saturated carbocycles. The summed E-state index contributed by atoms with van der Waals surface area (Å²) in [5, 5.41) is 5.34. The van der Waals surface area contributed by atoms with E-state index in [4.69, 9.17) is 11.6 Å². The van der Waals surface area contributed by atoms with Gasteiger partial charge in [0.2, 0.25) is 0 Å². The average Bonchev–Trinajstić information content (AvgIpc) is 2.76. The zero-order valence-electron chi connectivity index (χ0n) is 10.4. The fraction of sp³-hybridized carbons (Fsp3) is 0.571. The van der Waals surface area contributed by atoms with Crippen molar-refractivity contribution in [2.75, 3.05) is 6.26 Å². The molecule has 1 aromatic carbocycles. The second-order valence-corrected chi connectivity index (χ2v) is 6.27. The van der Waals surface area contributed by atoms with E-state index in [-0.39, 0.29) is 0 Å². The highest BCUT2D eigenvalue weighted by atomic mass is 35.5. The smallest absolute Gasteiger partial charge is 0.0409 e. The van der Waals surface area contributed by atoms with Crippen molar-refractivity contribution in [2.24, 2.45) is 0 Å². The molecule has 0 spiro atoms. The third-order valence-corrected chi connectivity index (χ3v) is 4.97. The molecule has 17 heavy (non-hydrogen) atoms. The Morgan fingerprint density at radius 3 is 2.94 bits per heavy atom. The highest BCUT2D eigenvalue weighted by Gasteiger charge is 2.27. The average molecular weight is 270 g/mol. The molecule has 0 saturated heterocycles. The van der Waals surface area contributed by atoms with Crippen LogP contribution in [0.15, 0.2) is 24.3 Å². The van der Waals surface area contributed by atoms with E-state index < -0.39 is 0 Å². The van der Waals surface area contributed by atoms with Crippen molar-refractivity contribution >= 4 is 23.4 Å². The number of hydrogen-bond donors (Lipinski definition) is 1. The van der Waals surface area contributed by atoms with Crippen molar-refractivity contribution in [3.05, 3.63) is 34.9 Å². The van der Waals surface area contributed by atoms with Crippen LogP contribution in [0, 0.1) is 0 Å². The first kappa shape index (κ1) is 13.3. The molecule has 0 amide bonds. The molecule has 0 bridgehead atoms. The summed E-state index contributed by atoms with van der Waals surface area (Å²) in [7, 11) is 0. The van der Waals surface area contributed by atoms with Gasteiger partial charge in [0.1, 0.15) is 0 Å². The molecule has 2 rings (SSSR count). The van der Waals surface area contributed by atoms with E-state index in [1.54, 1.807) is 0 Å². The van der Waals surface area contributed by atoms with Crippen molar-refractivity contribution in [2.45, 2.75) is 43.5 Å². The third-order valence-electron chi connectivity index (χ3n) is 3.57. The minimum atomic E-state index is 0.381. The quantitative estimate of drug-likeness (QED) is 0.876. The first-order chi connectivity index (χ1) is 8.20. The number of halogens is 1. The van der Waals surface area contributed by atoms with Gasteiger partial charge in [-0.25, -0.2) is 0 Å². The van der Waals surface area contributed by atoms with Gasteiger partial charge in [0, 0.05) is 22.4 Å². The molecule has 3 atom stereocenters. The van der Waals surface area contributed by atoms with E-state index in [0.717, 1.165) is 10.3 Å². The summed E-state index contributed by atoms with van der Waals surface area (Å²) in [5.74, 6) is 0. The summed E-state index contributed by atoms with van der Waals surface area (Å²) in [6.07, 6.45) is 6.22. The summed E-state index contributed by atoms with van der Waals surface area (Å²) in [6, 6.07) is 9.19. The van der Waals surface area contributed by atoms with Gasteiger partial charge in [0.15, 0.2) is 0 Å². The predicted octanol–water partition coefficient (Wildman–Crippen LogP) is 4.27. The van der Waals surface area contributed by atoms with E-state index in [9.17, 15) is 0 Å². The molecule has 0 aromatic heterocycles. The Morgan fingerprint density at radius 2 is 2.24 bits per heavy atom. The maximum absolute atomic E-state index is 6.03. The number of rotatable bonds is 4. The Bertz CT molecular complexity index is 369. The monoisotopic (exact) mass is 269 g/mol. The van der Waals surface area contributed by atoms with Crippen LogP contribution in [0.2, 0.25) is 5.02 Å². The Morgan fingerprint density at radius 1 is 1.41 bits per heavy atom. The number of benzene rings is 1. The van der Waals surface area contributed by atoms with Gasteiger partial charge in [-0.05, 0) is 43.7 Å². The molecule has 1 aliphatic carbocycles. The fourth-order valence-electron chi connectivity index (χ4n) is 2.59. The molecular weight excluding hydrogens is 250 g/mol. The zero-order valence-corrected chi connectivity index (χ0v) is 12.0. The van der Waals surface area contributed by atoms with E-state index in [1.165, 1.54) is 24.8 Å². The van der Waals surface area contributed by atoms with Crippen LogP contribution in [0.4, 0.5) is 0 Å². The molecule has 3 heteroatoms. The molecule has 3 unspecified atom stereocenters. The highest BCUT2D eigenvalue weighted by molar-refractivity contribution is 7.99. The van der Waals surface area contributed by atoms with Crippen molar-refractivity contribution < 1.29 is 0 Å². The second kappa shape index (κ2) is 6.12. The van der Waals surface area contributed by atoms with Crippen LogP contribution in [0.1, 0.15) is 37.8 Å². The fourth-order valence-corrected chi connectivity index (χ4v) is 3.74. The standard InChI is InChI=1S/C14H20ClNS/c1-10(11-5-3-6-12(15)9-11)16-13-7-4-8-14(13)17-2/h3,5-6,9-10,13-14,16H,4,7-8H2,1-2H3. The lowest BCUT2D eigenvalue weighted by molar-refractivity contribution is 0.467. The SMILES string of the molecule is CSC1CCCC1NC(C)c1cccc(Cl)c1. The van der Waals surface area contributed by atoms with Crippen LogP contribution in [0.3, 0.4) is 0 Å². The summed E-state index contributed by atoms with van der Waals surface area (Å²) >= 11 is 8.02. The third kappa shape index (κ3) is 3.40. The van der Waals surface area contributed by atoms with Gasteiger partial charge in [0.05, 0.1) is 0 Å². The lowest BCUT2D eigenvalue weighted by atomic mass is 10.1. The summed E-state index contributed by atoms with van der Waals surface area (Å²) < 4.78 is 0. The van der Waals surface area contributed by atoms with E-state index in [0.29, 0.717) is 12.1 Å². The maximum Gasteiger partial charge on any atom is 0.0409 e. The highest BCUT2D eigenvalue weighted by Crippen LogP contribution is 2.30. The Labute approximate surface area is 113 Å². The van der Waals surface area contributed by atoms with E-state index in [1.807, 2.05) is 23.9 Å². The van der Waals surface area contributed by atoms with Gasteiger partial charge in [-0.1, -0.05) is 30.2 Å². The van der Waals surface area contributed by atoms with Crippen LogP contribution < -0.4 is 5.32 Å². The van der Waals surface area contributed by atoms with Crippen LogP contribution in [-0.2, 0) is 0 Å². The normalized spacial score (nSPS) is 26.1. The second-order valence-electron chi connectivity index (χ2n) is 4.75. The van der Waals surface area contributed by atoms with Gasteiger partial charge in [-0.2, -0.15) is 11.8 Å². The van der Waals surface area contributed by atoms with Crippen molar-refractivity contribution in [1.29, 1.82) is 0 Å². The lowest BCUT2D eigenvalue weighted by Crippen LogP contribution is -2.35. The van der Waals surface area contributed by atoms with Crippen molar-refractivity contribution in [3.8, 4) is 0 Å². The zero-order chi connectivity index (χ0) is 12.3. The molecule has 0 radical (unpaired) electrons. The molecule has 1 N–H and O–H groups in total. The molecule has 1 aliphatic rings. The van der Waals surface area contributed by atoms with Crippen LogP contribution in [0.25, 0.3) is 0 Å². The maximum atomic E-state index is 6.03. The van der Waals surface area contributed by atoms with Gasteiger partial charge in [-0.15, -0.1) is 0 Å². The van der Waals surface area contributed by atoms with Crippen LogP contribution in [-0.4, -0.2) is 17.5 Å². The minimum Gasteiger partial charge on any atom is -0.306 e. The topological polar surface area (TPSA) is 12.0 Å². The lowest BCUT2D eigenvalue weighted by Gasteiger charge is -2.24. The largest absolute Gasteiger partial charge is 0.306 e. The Hall–Kier alpha value is -0.180. The predicted molar refractivity (Wildman–Crippen MR) is 77.9 cm³/mol. The number of thioether (sulfide) groups is 1. The van der Waals surface area contributed by atoms with Gasteiger partial charge in [0.25, 0.3) is 0 Å². The van der Waals surface area contributed by atoms with Crippen molar-refractivity contribution in [3.63, 3.8) is 0 Å². The molecule has 0 heterocycles. The van der Waals surface area contributed by atoms with Crippen molar-refractivity contribution in [1.82, 2.24) is 5.32 Å². The summed E-state index contributed by atoms with van der Waals surface area (Å²) in [6.45, 7) is 2.22. The summed E-state index contributed by atoms with van der Waals surface area (Å²) in [4.78, 5) is 0.